The third kappa shape index (κ3) is 2.58. The summed E-state index contributed by atoms with van der Waals surface area (Å²) in [6.45, 7) is 8.17. The third-order valence-electron chi connectivity index (χ3n) is 6.12. The number of likely N-dealkylation sites (tertiary alicyclic amines) is 1. The van der Waals surface area contributed by atoms with Crippen LogP contribution in [0.2, 0.25) is 0 Å². The van der Waals surface area contributed by atoms with Crippen molar-refractivity contribution in [2.75, 3.05) is 19.6 Å². The molecule has 2 heteroatoms. The number of hydrogen-bond acceptors (Lipinski definition) is 2. The molecule has 0 unspecified atom stereocenters. The van der Waals surface area contributed by atoms with Gasteiger partial charge in [-0.3, -0.25) is 0 Å². The molecule has 1 aliphatic heterocycles. The smallest absolute Gasteiger partial charge is 0.0681 e. The molecule has 4 rings (SSSR count). The van der Waals surface area contributed by atoms with E-state index in [4.69, 9.17) is 0 Å². The summed E-state index contributed by atoms with van der Waals surface area (Å²) in [5.41, 5.74) is 6.88. The van der Waals surface area contributed by atoms with Gasteiger partial charge < -0.3 is 10.0 Å². The number of rotatable bonds is 3. The molecule has 0 bridgehead atoms. The van der Waals surface area contributed by atoms with Gasteiger partial charge in [0.25, 0.3) is 0 Å². The maximum absolute atomic E-state index is 9.33. The number of nitrogens with zero attached hydrogens (tertiary/aromatic N) is 1. The molecule has 1 N–H and O–H groups in total. The minimum absolute atomic E-state index is 0.123. The lowest BCUT2D eigenvalue weighted by Crippen LogP contribution is -2.38. The first-order valence-electron chi connectivity index (χ1n) is 9.23. The molecule has 1 fully saturated rings. The number of piperidine rings is 1. The van der Waals surface area contributed by atoms with Gasteiger partial charge >= 0.3 is 0 Å². The molecule has 1 saturated heterocycles. The van der Waals surface area contributed by atoms with E-state index in [2.05, 4.69) is 61.2 Å². The van der Waals surface area contributed by atoms with Crippen LogP contribution in [-0.2, 0) is 6.61 Å². The summed E-state index contributed by atoms with van der Waals surface area (Å²) >= 11 is 0. The summed E-state index contributed by atoms with van der Waals surface area (Å²) in [4.78, 5) is 2.60. The Balaban J connectivity index is 1.77. The Morgan fingerprint density at radius 2 is 1.88 bits per heavy atom. The number of aliphatic hydroxyl groups is 1. The van der Waals surface area contributed by atoms with Crippen LogP contribution in [0.5, 0.6) is 0 Å². The maximum atomic E-state index is 9.33. The number of benzene rings is 2. The van der Waals surface area contributed by atoms with Gasteiger partial charge in [0, 0.05) is 18.4 Å². The van der Waals surface area contributed by atoms with E-state index in [1.165, 1.54) is 30.6 Å². The van der Waals surface area contributed by atoms with E-state index in [9.17, 15) is 5.11 Å². The number of hydrogen-bond donors (Lipinski definition) is 1. The Bertz CT molecular complexity index is 721. The fourth-order valence-electron chi connectivity index (χ4n) is 4.84. The Morgan fingerprint density at radius 1 is 1.08 bits per heavy atom. The molecule has 2 aromatic carbocycles. The summed E-state index contributed by atoms with van der Waals surface area (Å²) in [6.07, 6.45) is 1.28. The lowest BCUT2D eigenvalue weighted by atomic mass is 9.78. The van der Waals surface area contributed by atoms with E-state index < -0.39 is 0 Å². The SMILES string of the molecule is CCN1CC[C@H]2[C@H](c3ccc(CO)cc3)c3cc(C)ccc3[C@H]2C1. The normalized spacial score (nSPS) is 26.2. The lowest BCUT2D eigenvalue weighted by Gasteiger charge is -2.37. The van der Waals surface area contributed by atoms with E-state index in [-0.39, 0.29) is 6.61 Å². The molecule has 0 aromatic heterocycles. The van der Waals surface area contributed by atoms with Crippen LogP contribution in [0, 0.1) is 12.8 Å². The quantitative estimate of drug-likeness (QED) is 0.921. The van der Waals surface area contributed by atoms with Gasteiger partial charge in [-0.2, -0.15) is 0 Å². The maximum Gasteiger partial charge on any atom is 0.0681 e. The second-order valence-electron chi connectivity index (χ2n) is 7.46. The Kier molecular flexibility index (Phi) is 4.19. The van der Waals surface area contributed by atoms with Crippen LogP contribution in [0.25, 0.3) is 0 Å². The minimum Gasteiger partial charge on any atom is -0.392 e. The fourth-order valence-corrected chi connectivity index (χ4v) is 4.84. The second kappa shape index (κ2) is 6.34. The zero-order chi connectivity index (χ0) is 16.7. The molecule has 3 atom stereocenters. The van der Waals surface area contributed by atoms with Gasteiger partial charge in [-0.05, 0) is 54.6 Å². The standard InChI is InChI=1S/C22H27NO/c1-3-23-11-10-19-21(13-23)18-9-4-15(2)12-20(18)22(19)17-7-5-16(14-24)6-8-17/h4-9,12,19,21-22,24H,3,10-11,13-14H2,1-2H3/t19-,21-,22+/m1/s1. The van der Waals surface area contributed by atoms with Crippen LogP contribution in [0.1, 0.15) is 53.0 Å². The first-order valence-corrected chi connectivity index (χ1v) is 9.23. The largest absolute Gasteiger partial charge is 0.392 e. The summed E-state index contributed by atoms with van der Waals surface area (Å²) in [7, 11) is 0. The first-order chi connectivity index (χ1) is 11.7. The molecule has 1 heterocycles. The van der Waals surface area contributed by atoms with Gasteiger partial charge in [0.05, 0.1) is 6.61 Å². The molecular formula is C22H27NO. The number of aryl methyl sites for hydroxylation is 1. The van der Waals surface area contributed by atoms with Crippen LogP contribution >= 0.6 is 0 Å². The summed E-state index contributed by atoms with van der Waals surface area (Å²) in [6, 6.07) is 15.7. The fraction of sp³-hybridized carbons (Fsp3) is 0.455. The molecule has 126 valence electrons. The number of aliphatic hydroxyl groups excluding tert-OH is 1. The predicted molar refractivity (Wildman–Crippen MR) is 98.3 cm³/mol. The minimum atomic E-state index is 0.123. The topological polar surface area (TPSA) is 23.5 Å². The number of fused-ring (bicyclic) bond motifs is 3. The highest BCUT2D eigenvalue weighted by Gasteiger charge is 2.43. The van der Waals surface area contributed by atoms with E-state index in [0.29, 0.717) is 17.8 Å². The Labute approximate surface area is 145 Å². The van der Waals surface area contributed by atoms with Crippen molar-refractivity contribution in [3.05, 3.63) is 70.3 Å². The Morgan fingerprint density at radius 3 is 2.58 bits per heavy atom. The summed E-state index contributed by atoms with van der Waals surface area (Å²) in [5.74, 6) is 1.89. The third-order valence-corrected chi connectivity index (χ3v) is 6.12. The average Bonchev–Trinajstić information content (AvgIpc) is 2.94. The highest BCUT2D eigenvalue weighted by atomic mass is 16.3. The molecule has 2 aliphatic rings. The van der Waals surface area contributed by atoms with E-state index in [0.717, 1.165) is 12.1 Å². The molecular weight excluding hydrogens is 294 g/mol. The van der Waals surface area contributed by atoms with Crippen LogP contribution in [0.3, 0.4) is 0 Å². The van der Waals surface area contributed by atoms with Gasteiger partial charge in [0.1, 0.15) is 0 Å². The zero-order valence-corrected chi connectivity index (χ0v) is 14.7. The van der Waals surface area contributed by atoms with Crippen molar-refractivity contribution in [3.8, 4) is 0 Å². The van der Waals surface area contributed by atoms with Crippen molar-refractivity contribution in [1.29, 1.82) is 0 Å². The van der Waals surface area contributed by atoms with Gasteiger partial charge in [-0.15, -0.1) is 0 Å². The van der Waals surface area contributed by atoms with E-state index in [1.54, 1.807) is 11.1 Å². The van der Waals surface area contributed by atoms with Gasteiger partial charge in [0.15, 0.2) is 0 Å². The van der Waals surface area contributed by atoms with Crippen molar-refractivity contribution in [3.63, 3.8) is 0 Å². The molecule has 24 heavy (non-hydrogen) atoms. The van der Waals surface area contributed by atoms with E-state index in [1.807, 2.05) is 0 Å². The van der Waals surface area contributed by atoms with Crippen molar-refractivity contribution < 1.29 is 5.11 Å². The predicted octanol–water partition coefficient (Wildman–Crippen LogP) is 4.06. The highest BCUT2D eigenvalue weighted by Crippen LogP contribution is 2.53. The molecule has 0 radical (unpaired) electrons. The molecule has 1 aliphatic carbocycles. The van der Waals surface area contributed by atoms with Crippen LogP contribution in [-0.4, -0.2) is 29.6 Å². The van der Waals surface area contributed by atoms with Crippen molar-refractivity contribution in [2.45, 2.75) is 38.7 Å². The second-order valence-corrected chi connectivity index (χ2v) is 7.46. The molecule has 2 nitrogen and oxygen atoms in total. The lowest BCUT2D eigenvalue weighted by molar-refractivity contribution is 0.167. The Hall–Kier alpha value is -1.64. The van der Waals surface area contributed by atoms with Gasteiger partial charge in [-0.1, -0.05) is 55.0 Å². The zero-order valence-electron chi connectivity index (χ0n) is 14.7. The first kappa shape index (κ1) is 15.9. The van der Waals surface area contributed by atoms with Gasteiger partial charge in [0.2, 0.25) is 0 Å². The van der Waals surface area contributed by atoms with Crippen LogP contribution in [0.15, 0.2) is 42.5 Å². The highest BCUT2D eigenvalue weighted by molar-refractivity contribution is 5.48. The monoisotopic (exact) mass is 321 g/mol. The van der Waals surface area contributed by atoms with Crippen molar-refractivity contribution in [2.24, 2.45) is 5.92 Å². The summed E-state index contributed by atoms with van der Waals surface area (Å²) < 4.78 is 0. The van der Waals surface area contributed by atoms with E-state index >= 15 is 0 Å². The van der Waals surface area contributed by atoms with Crippen LogP contribution < -0.4 is 0 Å². The molecule has 0 saturated carbocycles. The van der Waals surface area contributed by atoms with Crippen molar-refractivity contribution in [1.82, 2.24) is 4.90 Å². The van der Waals surface area contributed by atoms with Crippen LogP contribution in [0.4, 0.5) is 0 Å². The number of likely N-dealkylation sites (N-methyl/N-ethyl adjacent to an activating group) is 1. The van der Waals surface area contributed by atoms with Crippen molar-refractivity contribution >= 4 is 0 Å². The summed E-state index contributed by atoms with van der Waals surface area (Å²) in [5, 5.41) is 9.33. The van der Waals surface area contributed by atoms with Gasteiger partial charge in [-0.25, -0.2) is 0 Å². The average molecular weight is 321 g/mol. The molecule has 0 amide bonds. The molecule has 0 spiro atoms. The molecule has 2 aromatic rings.